The fraction of sp³-hybridized carbons (Fsp3) is 0.360. The van der Waals surface area contributed by atoms with Gasteiger partial charge < -0.3 is 21.1 Å². The van der Waals surface area contributed by atoms with Crippen LogP contribution < -0.4 is 16.4 Å². The second kappa shape index (κ2) is 10.4. The van der Waals surface area contributed by atoms with Gasteiger partial charge in [-0.1, -0.05) is 12.1 Å². The number of amides is 1. The second-order valence-electron chi connectivity index (χ2n) is 8.39. The Balaban J connectivity index is 1.63. The van der Waals surface area contributed by atoms with E-state index in [9.17, 15) is 9.59 Å². The van der Waals surface area contributed by atoms with Crippen molar-refractivity contribution in [2.45, 2.75) is 44.7 Å². The van der Waals surface area contributed by atoms with Gasteiger partial charge in [-0.25, -0.2) is 4.98 Å². The number of rotatable bonds is 7. The number of carbonyl (C=O) groups is 2. The molecule has 4 N–H and O–H groups in total. The zero-order valence-electron chi connectivity index (χ0n) is 19.1. The van der Waals surface area contributed by atoms with Crippen LogP contribution in [0.5, 0.6) is 0 Å². The minimum atomic E-state index is -0.383. The van der Waals surface area contributed by atoms with Gasteiger partial charge in [-0.15, -0.1) is 0 Å². The fourth-order valence-corrected chi connectivity index (χ4v) is 4.16. The van der Waals surface area contributed by atoms with Crippen molar-refractivity contribution in [2.75, 3.05) is 18.5 Å². The number of fused-ring (bicyclic) bond motifs is 1. The van der Waals surface area contributed by atoms with E-state index in [1.807, 2.05) is 0 Å². The van der Waals surface area contributed by atoms with Gasteiger partial charge in [0.25, 0.3) is 5.91 Å². The maximum absolute atomic E-state index is 12.9. The Hall–Kier alpha value is -3.90. The first-order valence-corrected chi connectivity index (χ1v) is 11.5. The Bertz CT molecular complexity index is 1220. The molecule has 3 aromatic rings. The molecule has 0 radical (unpaired) electrons. The van der Waals surface area contributed by atoms with E-state index in [0.29, 0.717) is 34.9 Å². The van der Waals surface area contributed by atoms with Gasteiger partial charge in [-0.05, 0) is 56.9 Å². The predicted octanol–water partition coefficient (Wildman–Crippen LogP) is 2.85. The molecule has 9 heteroatoms. The number of hydrogen-bond donors (Lipinski definition) is 3. The Kier molecular flexibility index (Phi) is 7.09. The summed E-state index contributed by atoms with van der Waals surface area (Å²) < 4.78 is 6.82. The number of nitrogens with zero attached hydrogens (tertiary/aromatic N) is 3. The minimum absolute atomic E-state index is 0.0308. The van der Waals surface area contributed by atoms with Gasteiger partial charge in [0, 0.05) is 29.4 Å². The average molecular weight is 461 g/mol. The van der Waals surface area contributed by atoms with Crippen LogP contribution in [0.1, 0.15) is 48.5 Å². The highest BCUT2D eigenvalue weighted by molar-refractivity contribution is 5.95. The van der Waals surface area contributed by atoms with Gasteiger partial charge in [0.2, 0.25) is 0 Å². The lowest BCUT2D eigenvalue weighted by Crippen LogP contribution is -2.40. The molecule has 9 nitrogen and oxygen atoms in total. The van der Waals surface area contributed by atoms with Crippen LogP contribution in [0, 0.1) is 11.3 Å². The van der Waals surface area contributed by atoms with Gasteiger partial charge in [0.1, 0.15) is 23.7 Å². The SMILES string of the molecule is CCOC(=O)CNc1c(-c2ccc(C#N)cc2)nc2cc(C(=O)NC3CCC(N)CC3)ccn12. The molecule has 1 saturated carbocycles. The van der Waals surface area contributed by atoms with Crippen molar-refractivity contribution in [2.24, 2.45) is 5.73 Å². The summed E-state index contributed by atoms with van der Waals surface area (Å²) in [5, 5.41) is 15.3. The maximum atomic E-state index is 12.9. The number of esters is 1. The van der Waals surface area contributed by atoms with Crippen LogP contribution in [0.25, 0.3) is 16.9 Å². The fourth-order valence-electron chi connectivity index (χ4n) is 4.16. The monoisotopic (exact) mass is 460 g/mol. The number of aromatic nitrogens is 2. The number of benzene rings is 1. The molecule has 0 saturated heterocycles. The molecule has 2 heterocycles. The van der Waals surface area contributed by atoms with E-state index in [1.54, 1.807) is 53.9 Å². The van der Waals surface area contributed by atoms with Crippen molar-refractivity contribution in [3.63, 3.8) is 0 Å². The quantitative estimate of drug-likeness (QED) is 0.462. The highest BCUT2D eigenvalue weighted by Gasteiger charge is 2.22. The summed E-state index contributed by atoms with van der Waals surface area (Å²) in [6.45, 7) is 2.01. The summed E-state index contributed by atoms with van der Waals surface area (Å²) in [6.07, 6.45) is 5.34. The number of nitrogens with two attached hydrogens (primary N) is 1. The van der Waals surface area contributed by atoms with Gasteiger partial charge in [0.15, 0.2) is 0 Å². The van der Waals surface area contributed by atoms with Crippen LogP contribution in [0.15, 0.2) is 42.6 Å². The third kappa shape index (κ3) is 5.18. The molecule has 1 amide bonds. The van der Waals surface area contributed by atoms with E-state index < -0.39 is 0 Å². The number of ether oxygens (including phenoxy) is 1. The third-order valence-corrected chi connectivity index (χ3v) is 5.99. The molecule has 0 atom stereocenters. The van der Waals surface area contributed by atoms with E-state index in [1.165, 1.54) is 0 Å². The first-order valence-electron chi connectivity index (χ1n) is 11.5. The van der Waals surface area contributed by atoms with E-state index in [-0.39, 0.29) is 30.5 Å². The van der Waals surface area contributed by atoms with Crippen molar-refractivity contribution < 1.29 is 14.3 Å². The van der Waals surface area contributed by atoms with E-state index in [2.05, 4.69) is 16.7 Å². The van der Waals surface area contributed by atoms with E-state index in [4.69, 9.17) is 20.7 Å². The molecule has 1 aliphatic rings. The standard InChI is InChI=1S/C25H28N6O3/c1-2-34-22(32)15-28-24-23(17-5-3-16(14-26)4-6-17)30-21-13-18(11-12-31(21)24)25(33)29-20-9-7-19(27)8-10-20/h3-6,11-13,19-20,28H,2,7-10,15,27H2,1H3,(H,29,33). The van der Waals surface area contributed by atoms with Crippen molar-refractivity contribution in [3.8, 4) is 17.3 Å². The molecule has 0 unspecified atom stereocenters. The Morgan fingerprint density at radius 1 is 1.21 bits per heavy atom. The number of anilines is 1. The topological polar surface area (TPSA) is 135 Å². The molecule has 1 aromatic carbocycles. The summed E-state index contributed by atoms with van der Waals surface area (Å²) in [4.78, 5) is 29.5. The first-order chi connectivity index (χ1) is 16.5. The Morgan fingerprint density at radius 3 is 2.62 bits per heavy atom. The molecular weight excluding hydrogens is 432 g/mol. The maximum Gasteiger partial charge on any atom is 0.325 e. The number of imidazole rings is 1. The number of nitrogens with one attached hydrogen (secondary N) is 2. The van der Waals surface area contributed by atoms with Crippen LogP contribution in [-0.4, -0.2) is 46.5 Å². The summed E-state index contributed by atoms with van der Waals surface area (Å²) in [5.41, 5.74) is 8.96. The van der Waals surface area contributed by atoms with Crippen molar-refractivity contribution in [3.05, 3.63) is 53.7 Å². The normalized spacial score (nSPS) is 17.7. The summed E-state index contributed by atoms with van der Waals surface area (Å²) in [6, 6.07) is 12.9. The van der Waals surface area contributed by atoms with Crippen molar-refractivity contribution >= 4 is 23.3 Å². The molecule has 176 valence electrons. The van der Waals surface area contributed by atoms with Gasteiger partial charge in [0.05, 0.1) is 18.2 Å². The minimum Gasteiger partial charge on any atom is -0.465 e. The van der Waals surface area contributed by atoms with Gasteiger partial charge in [-0.2, -0.15) is 5.26 Å². The van der Waals surface area contributed by atoms with E-state index >= 15 is 0 Å². The number of pyridine rings is 1. The molecule has 2 aromatic heterocycles. The lowest BCUT2D eigenvalue weighted by atomic mass is 9.91. The highest BCUT2D eigenvalue weighted by Crippen LogP contribution is 2.29. The molecule has 0 spiro atoms. The Morgan fingerprint density at radius 2 is 1.94 bits per heavy atom. The van der Waals surface area contributed by atoms with Gasteiger partial charge >= 0.3 is 5.97 Å². The lowest BCUT2D eigenvalue weighted by molar-refractivity contribution is -0.140. The van der Waals surface area contributed by atoms with Crippen molar-refractivity contribution in [1.82, 2.24) is 14.7 Å². The molecular formula is C25H28N6O3. The van der Waals surface area contributed by atoms with Crippen molar-refractivity contribution in [1.29, 1.82) is 5.26 Å². The average Bonchev–Trinajstić information content (AvgIpc) is 3.22. The third-order valence-electron chi connectivity index (χ3n) is 5.99. The first kappa shape index (κ1) is 23.3. The smallest absolute Gasteiger partial charge is 0.325 e. The van der Waals surface area contributed by atoms with Gasteiger partial charge in [-0.3, -0.25) is 14.0 Å². The van der Waals surface area contributed by atoms with Crippen LogP contribution in [0.4, 0.5) is 5.82 Å². The van der Waals surface area contributed by atoms with Crippen LogP contribution in [0.3, 0.4) is 0 Å². The zero-order valence-corrected chi connectivity index (χ0v) is 19.1. The summed E-state index contributed by atoms with van der Waals surface area (Å²) in [7, 11) is 0. The highest BCUT2D eigenvalue weighted by atomic mass is 16.5. The predicted molar refractivity (Wildman–Crippen MR) is 128 cm³/mol. The van der Waals surface area contributed by atoms with E-state index in [0.717, 1.165) is 31.2 Å². The summed E-state index contributed by atoms with van der Waals surface area (Å²) >= 11 is 0. The molecule has 0 aliphatic heterocycles. The largest absolute Gasteiger partial charge is 0.465 e. The Labute approximate surface area is 197 Å². The molecule has 4 rings (SSSR count). The van der Waals surface area contributed by atoms with Crippen LogP contribution >= 0.6 is 0 Å². The zero-order chi connectivity index (χ0) is 24.1. The van der Waals surface area contributed by atoms with Crippen LogP contribution in [0.2, 0.25) is 0 Å². The van der Waals surface area contributed by atoms with Crippen LogP contribution in [-0.2, 0) is 9.53 Å². The summed E-state index contributed by atoms with van der Waals surface area (Å²) in [5.74, 6) is 0.0688. The lowest BCUT2D eigenvalue weighted by Gasteiger charge is -2.26. The number of nitriles is 1. The molecule has 1 fully saturated rings. The molecule has 1 aliphatic carbocycles. The molecule has 0 bridgehead atoms. The number of hydrogen-bond acceptors (Lipinski definition) is 7. The number of carbonyl (C=O) groups excluding carboxylic acids is 2. The molecule has 34 heavy (non-hydrogen) atoms. The second-order valence-corrected chi connectivity index (χ2v) is 8.39.